The summed E-state index contributed by atoms with van der Waals surface area (Å²) in [4.78, 5) is 10.9. The number of aliphatic carboxylic acids is 1. The molecule has 15 heavy (non-hydrogen) atoms. The zero-order valence-electron chi connectivity index (χ0n) is 9.82. The van der Waals surface area contributed by atoms with Crippen LogP contribution in [-0.4, -0.2) is 39.4 Å². The molecule has 0 bridgehead atoms. The van der Waals surface area contributed by atoms with Crippen molar-refractivity contribution in [1.82, 2.24) is 5.32 Å². The quantitative estimate of drug-likeness (QED) is 0.686. The second kappa shape index (κ2) is 6.95. The SMILES string of the molecule is CC(CCS(C)=O)NC(C(=O)O)C(C)C. The summed E-state index contributed by atoms with van der Waals surface area (Å²) >= 11 is 0. The largest absolute Gasteiger partial charge is 0.480 e. The molecule has 0 aromatic heterocycles. The lowest BCUT2D eigenvalue weighted by atomic mass is 10.0. The van der Waals surface area contributed by atoms with Crippen LogP contribution in [0.15, 0.2) is 0 Å². The van der Waals surface area contributed by atoms with Gasteiger partial charge < -0.3 is 10.4 Å². The van der Waals surface area contributed by atoms with Crippen molar-refractivity contribution in [2.75, 3.05) is 12.0 Å². The molecule has 0 aliphatic heterocycles. The van der Waals surface area contributed by atoms with Crippen LogP contribution in [0, 0.1) is 5.92 Å². The minimum atomic E-state index is -0.825. The number of hydrogen-bond donors (Lipinski definition) is 2. The summed E-state index contributed by atoms with van der Waals surface area (Å²) < 4.78 is 10.9. The Morgan fingerprint density at radius 1 is 1.40 bits per heavy atom. The third-order valence-corrected chi connectivity index (χ3v) is 3.05. The standard InChI is InChI=1S/C10H21NO3S/c1-7(2)9(10(12)13)11-8(3)5-6-15(4)14/h7-9,11H,5-6H2,1-4H3,(H,12,13). The Balaban J connectivity index is 4.06. The third-order valence-electron chi connectivity index (χ3n) is 2.24. The Kier molecular flexibility index (Phi) is 6.76. The minimum absolute atomic E-state index is 0.0528. The van der Waals surface area contributed by atoms with Gasteiger partial charge in [0.05, 0.1) is 0 Å². The molecule has 0 heterocycles. The van der Waals surface area contributed by atoms with E-state index < -0.39 is 22.8 Å². The first-order chi connectivity index (χ1) is 6.84. The first kappa shape index (κ1) is 14.6. The van der Waals surface area contributed by atoms with Crippen LogP contribution in [-0.2, 0) is 15.6 Å². The number of carboxylic acid groups (broad SMARTS) is 1. The summed E-state index contributed by atoms with van der Waals surface area (Å²) in [6.45, 7) is 5.66. The van der Waals surface area contributed by atoms with E-state index in [4.69, 9.17) is 5.11 Å². The molecule has 3 unspecified atom stereocenters. The molecule has 0 aliphatic carbocycles. The smallest absolute Gasteiger partial charge is 0.320 e. The van der Waals surface area contributed by atoms with Crippen molar-refractivity contribution >= 4 is 16.8 Å². The highest BCUT2D eigenvalue weighted by atomic mass is 32.2. The second-order valence-corrected chi connectivity index (χ2v) is 5.75. The van der Waals surface area contributed by atoms with Crippen molar-refractivity contribution in [3.05, 3.63) is 0 Å². The summed E-state index contributed by atoms with van der Waals surface area (Å²) in [6.07, 6.45) is 2.39. The molecule has 0 spiro atoms. The second-order valence-electron chi connectivity index (χ2n) is 4.19. The topological polar surface area (TPSA) is 66.4 Å². The van der Waals surface area contributed by atoms with E-state index in [9.17, 15) is 9.00 Å². The molecule has 0 radical (unpaired) electrons. The molecule has 0 saturated heterocycles. The minimum Gasteiger partial charge on any atom is -0.480 e. The van der Waals surface area contributed by atoms with Crippen LogP contribution >= 0.6 is 0 Å². The molecule has 4 nitrogen and oxygen atoms in total. The Labute approximate surface area is 93.9 Å². The average molecular weight is 235 g/mol. The predicted octanol–water partition coefficient (Wildman–Crippen LogP) is 0.842. The maximum Gasteiger partial charge on any atom is 0.320 e. The third kappa shape index (κ3) is 6.62. The Bertz CT molecular complexity index is 231. The first-order valence-electron chi connectivity index (χ1n) is 5.13. The highest BCUT2D eigenvalue weighted by Gasteiger charge is 2.22. The molecular weight excluding hydrogens is 214 g/mol. The van der Waals surface area contributed by atoms with E-state index in [2.05, 4.69) is 5.32 Å². The number of nitrogens with one attached hydrogen (secondary N) is 1. The van der Waals surface area contributed by atoms with Crippen molar-refractivity contribution in [2.24, 2.45) is 5.92 Å². The van der Waals surface area contributed by atoms with Gasteiger partial charge in [0.2, 0.25) is 0 Å². The first-order valence-corrected chi connectivity index (χ1v) is 6.86. The number of hydrogen-bond acceptors (Lipinski definition) is 3. The van der Waals surface area contributed by atoms with Gasteiger partial charge in [-0.3, -0.25) is 9.00 Å². The molecular formula is C10H21NO3S. The maximum atomic E-state index is 10.9. The fourth-order valence-corrected chi connectivity index (χ4v) is 1.97. The van der Waals surface area contributed by atoms with E-state index in [1.807, 2.05) is 20.8 Å². The zero-order chi connectivity index (χ0) is 12.0. The highest BCUT2D eigenvalue weighted by Crippen LogP contribution is 2.04. The molecule has 0 aliphatic rings. The number of carboxylic acids is 1. The number of carbonyl (C=O) groups is 1. The van der Waals surface area contributed by atoms with Gasteiger partial charge in [0, 0.05) is 28.9 Å². The van der Waals surface area contributed by atoms with Gasteiger partial charge in [0.1, 0.15) is 6.04 Å². The number of rotatable bonds is 7. The van der Waals surface area contributed by atoms with E-state index in [0.29, 0.717) is 5.75 Å². The van der Waals surface area contributed by atoms with Crippen LogP contribution in [0.1, 0.15) is 27.2 Å². The van der Waals surface area contributed by atoms with Crippen LogP contribution in [0.4, 0.5) is 0 Å². The van der Waals surface area contributed by atoms with Crippen molar-refractivity contribution in [3.63, 3.8) is 0 Å². The van der Waals surface area contributed by atoms with Crippen molar-refractivity contribution in [3.8, 4) is 0 Å². The molecule has 90 valence electrons. The summed E-state index contributed by atoms with van der Waals surface area (Å²) in [7, 11) is -0.810. The molecule has 0 rings (SSSR count). The van der Waals surface area contributed by atoms with Gasteiger partial charge in [-0.05, 0) is 19.3 Å². The average Bonchev–Trinajstić information content (AvgIpc) is 2.09. The molecule has 5 heteroatoms. The monoisotopic (exact) mass is 235 g/mol. The lowest BCUT2D eigenvalue weighted by molar-refractivity contribution is -0.140. The normalized spacial score (nSPS) is 17.4. The van der Waals surface area contributed by atoms with Crippen LogP contribution in [0.5, 0.6) is 0 Å². The highest BCUT2D eigenvalue weighted by molar-refractivity contribution is 7.84. The van der Waals surface area contributed by atoms with Gasteiger partial charge in [0.25, 0.3) is 0 Å². The van der Waals surface area contributed by atoms with Gasteiger partial charge in [-0.2, -0.15) is 0 Å². The van der Waals surface area contributed by atoms with Crippen LogP contribution in [0.25, 0.3) is 0 Å². The molecule has 0 aromatic carbocycles. The lowest BCUT2D eigenvalue weighted by Crippen LogP contribution is -2.45. The summed E-state index contributed by atoms with van der Waals surface area (Å²) in [6, 6.07) is -0.442. The summed E-state index contributed by atoms with van der Waals surface area (Å²) in [5.41, 5.74) is 0. The van der Waals surface area contributed by atoms with Gasteiger partial charge in [-0.1, -0.05) is 13.8 Å². The van der Waals surface area contributed by atoms with Gasteiger partial charge >= 0.3 is 5.97 Å². The fraction of sp³-hybridized carbons (Fsp3) is 0.900. The fourth-order valence-electron chi connectivity index (χ4n) is 1.28. The van der Waals surface area contributed by atoms with Crippen LogP contribution < -0.4 is 5.32 Å². The van der Waals surface area contributed by atoms with Gasteiger partial charge in [-0.25, -0.2) is 0 Å². The van der Waals surface area contributed by atoms with Crippen LogP contribution in [0.2, 0.25) is 0 Å². The Morgan fingerprint density at radius 3 is 2.27 bits per heavy atom. The van der Waals surface area contributed by atoms with Crippen LogP contribution in [0.3, 0.4) is 0 Å². The molecule has 2 N–H and O–H groups in total. The molecule has 0 aromatic rings. The summed E-state index contributed by atoms with van der Waals surface area (Å²) in [5.74, 6) is -0.162. The van der Waals surface area contributed by atoms with Gasteiger partial charge in [0.15, 0.2) is 0 Å². The van der Waals surface area contributed by atoms with Crippen molar-refractivity contribution in [1.29, 1.82) is 0 Å². The molecule has 0 amide bonds. The lowest BCUT2D eigenvalue weighted by Gasteiger charge is -2.22. The van der Waals surface area contributed by atoms with E-state index in [1.165, 1.54) is 0 Å². The molecule has 0 saturated carbocycles. The Hall–Kier alpha value is -0.420. The summed E-state index contributed by atoms with van der Waals surface area (Å²) in [5, 5.41) is 12.0. The van der Waals surface area contributed by atoms with E-state index in [-0.39, 0.29) is 12.0 Å². The van der Waals surface area contributed by atoms with Gasteiger partial charge in [-0.15, -0.1) is 0 Å². The Morgan fingerprint density at radius 2 is 1.93 bits per heavy atom. The van der Waals surface area contributed by atoms with E-state index >= 15 is 0 Å². The predicted molar refractivity (Wildman–Crippen MR) is 62.4 cm³/mol. The zero-order valence-corrected chi connectivity index (χ0v) is 10.6. The molecule has 0 fully saturated rings. The van der Waals surface area contributed by atoms with E-state index in [0.717, 1.165) is 6.42 Å². The molecule has 3 atom stereocenters. The van der Waals surface area contributed by atoms with Crippen molar-refractivity contribution < 1.29 is 14.1 Å². The van der Waals surface area contributed by atoms with Crippen molar-refractivity contribution in [2.45, 2.75) is 39.3 Å². The maximum absolute atomic E-state index is 10.9. The van der Waals surface area contributed by atoms with E-state index in [1.54, 1.807) is 6.26 Å².